The monoisotopic (exact) mass is 391 g/mol. The molecule has 3 aromatic carbocycles. The van der Waals surface area contributed by atoms with Gasteiger partial charge in [0.2, 0.25) is 0 Å². The molecule has 0 heterocycles. The van der Waals surface area contributed by atoms with Gasteiger partial charge in [-0.1, -0.05) is 75.1 Å². The SMILES string of the molecule is CCCCCCCOc1ccc2ccccc2c1CNCc1ccc(OC)cc1. The van der Waals surface area contributed by atoms with Gasteiger partial charge in [-0.15, -0.1) is 0 Å². The smallest absolute Gasteiger partial charge is 0.124 e. The molecule has 3 rings (SSSR count). The maximum atomic E-state index is 6.20. The van der Waals surface area contributed by atoms with Crippen LogP contribution in [0.15, 0.2) is 60.7 Å². The number of methoxy groups -OCH3 is 1. The van der Waals surface area contributed by atoms with Crippen molar-refractivity contribution in [2.45, 2.75) is 52.1 Å². The number of hydrogen-bond acceptors (Lipinski definition) is 3. The van der Waals surface area contributed by atoms with E-state index in [4.69, 9.17) is 9.47 Å². The molecule has 0 radical (unpaired) electrons. The fourth-order valence-corrected chi connectivity index (χ4v) is 3.60. The maximum absolute atomic E-state index is 6.20. The minimum atomic E-state index is 0.776. The van der Waals surface area contributed by atoms with E-state index >= 15 is 0 Å². The number of hydrogen-bond donors (Lipinski definition) is 1. The van der Waals surface area contributed by atoms with E-state index in [1.54, 1.807) is 7.11 Å². The quantitative estimate of drug-likeness (QED) is 0.358. The Kier molecular flexibility index (Phi) is 8.39. The van der Waals surface area contributed by atoms with Crippen molar-refractivity contribution in [2.24, 2.45) is 0 Å². The maximum Gasteiger partial charge on any atom is 0.124 e. The molecule has 0 aromatic heterocycles. The zero-order chi connectivity index (χ0) is 20.3. The van der Waals surface area contributed by atoms with E-state index in [1.807, 2.05) is 12.1 Å². The van der Waals surface area contributed by atoms with Crippen LogP contribution in [0, 0.1) is 0 Å². The summed E-state index contributed by atoms with van der Waals surface area (Å²) in [5, 5.41) is 6.10. The van der Waals surface area contributed by atoms with Gasteiger partial charge in [0.1, 0.15) is 11.5 Å². The average Bonchev–Trinajstić information content (AvgIpc) is 2.77. The summed E-state index contributed by atoms with van der Waals surface area (Å²) >= 11 is 0. The molecule has 0 amide bonds. The molecule has 0 aliphatic rings. The molecule has 0 bridgehead atoms. The molecule has 154 valence electrons. The molecular formula is C26H33NO2. The molecule has 0 spiro atoms. The minimum Gasteiger partial charge on any atom is -0.497 e. The summed E-state index contributed by atoms with van der Waals surface area (Å²) in [7, 11) is 1.69. The molecule has 3 heteroatoms. The molecule has 0 aliphatic heterocycles. The first-order valence-corrected chi connectivity index (χ1v) is 10.8. The van der Waals surface area contributed by atoms with E-state index in [-0.39, 0.29) is 0 Å². The lowest BCUT2D eigenvalue weighted by molar-refractivity contribution is 0.301. The standard InChI is InChI=1S/C26H33NO2/c1-3-4-5-6-9-18-29-26-17-14-22-10-7-8-11-24(22)25(26)20-27-19-21-12-15-23(28-2)16-13-21/h7-8,10-17,27H,3-6,9,18-20H2,1-2H3. The van der Waals surface area contributed by atoms with E-state index < -0.39 is 0 Å². The van der Waals surface area contributed by atoms with Crippen LogP contribution in [0.5, 0.6) is 11.5 Å². The Morgan fingerprint density at radius 3 is 2.38 bits per heavy atom. The first-order chi connectivity index (χ1) is 14.3. The summed E-state index contributed by atoms with van der Waals surface area (Å²) < 4.78 is 11.4. The van der Waals surface area contributed by atoms with Crippen LogP contribution < -0.4 is 14.8 Å². The Bertz CT molecular complexity index is 874. The summed E-state index contributed by atoms with van der Waals surface area (Å²) in [4.78, 5) is 0. The van der Waals surface area contributed by atoms with Crippen molar-refractivity contribution in [1.82, 2.24) is 5.32 Å². The predicted molar refractivity (Wildman–Crippen MR) is 122 cm³/mol. The molecule has 0 atom stereocenters. The second-order valence-corrected chi connectivity index (χ2v) is 7.48. The molecule has 3 nitrogen and oxygen atoms in total. The molecule has 0 aliphatic carbocycles. The molecule has 0 unspecified atom stereocenters. The fourth-order valence-electron chi connectivity index (χ4n) is 3.60. The van der Waals surface area contributed by atoms with Crippen molar-refractivity contribution in [2.75, 3.05) is 13.7 Å². The van der Waals surface area contributed by atoms with Gasteiger partial charge in [0.25, 0.3) is 0 Å². The molecular weight excluding hydrogens is 358 g/mol. The second kappa shape index (κ2) is 11.5. The molecule has 0 fully saturated rings. The highest BCUT2D eigenvalue weighted by Gasteiger charge is 2.09. The molecule has 29 heavy (non-hydrogen) atoms. The molecule has 0 saturated carbocycles. The summed E-state index contributed by atoms with van der Waals surface area (Å²) in [6, 6.07) is 21.0. The van der Waals surface area contributed by atoms with Gasteiger partial charge < -0.3 is 14.8 Å². The zero-order valence-electron chi connectivity index (χ0n) is 17.7. The molecule has 0 saturated heterocycles. The first-order valence-electron chi connectivity index (χ1n) is 10.8. The molecule has 1 N–H and O–H groups in total. The van der Waals surface area contributed by atoms with E-state index in [2.05, 4.69) is 60.8 Å². The lowest BCUT2D eigenvalue weighted by Gasteiger charge is -2.15. The van der Waals surface area contributed by atoms with E-state index in [1.165, 1.54) is 47.6 Å². The highest BCUT2D eigenvalue weighted by atomic mass is 16.5. The zero-order valence-corrected chi connectivity index (χ0v) is 17.7. The van der Waals surface area contributed by atoms with Crippen LogP contribution in [0.2, 0.25) is 0 Å². The van der Waals surface area contributed by atoms with Gasteiger partial charge in [-0.2, -0.15) is 0 Å². The van der Waals surface area contributed by atoms with E-state index in [0.29, 0.717) is 0 Å². The van der Waals surface area contributed by atoms with Crippen LogP contribution >= 0.6 is 0 Å². The van der Waals surface area contributed by atoms with Crippen molar-refractivity contribution in [1.29, 1.82) is 0 Å². The third kappa shape index (κ3) is 6.23. The van der Waals surface area contributed by atoms with Crippen molar-refractivity contribution < 1.29 is 9.47 Å². The summed E-state index contributed by atoms with van der Waals surface area (Å²) in [5.41, 5.74) is 2.48. The minimum absolute atomic E-state index is 0.776. The van der Waals surface area contributed by atoms with Crippen molar-refractivity contribution >= 4 is 10.8 Å². The first kappa shape index (κ1) is 21.2. The van der Waals surface area contributed by atoms with Gasteiger partial charge in [0.05, 0.1) is 13.7 Å². The lowest BCUT2D eigenvalue weighted by Crippen LogP contribution is -2.14. The number of unbranched alkanes of at least 4 members (excludes halogenated alkanes) is 4. The summed E-state index contributed by atoms with van der Waals surface area (Å²) in [6.45, 7) is 4.62. The second-order valence-electron chi connectivity index (χ2n) is 7.48. The third-order valence-corrected chi connectivity index (χ3v) is 5.29. The van der Waals surface area contributed by atoms with Crippen LogP contribution in [0.1, 0.15) is 50.2 Å². The van der Waals surface area contributed by atoms with Gasteiger partial charge in [-0.3, -0.25) is 0 Å². The lowest BCUT2D eigenvalue weighted by atomic mass is 10.0. The largest absolute Gasteiger partial charge is 0.497 e. The van der Waals surface area contributed by atoms with Crippen LogP contribution in [-0.2, 0) is 13.1 Å². The Balaban J connectivity index is 1.64. The number of ether oxygens (including phenoxy) is 2. The summed E-state index contributed by atoms with van der Waals surface area (Å²) in [5.74, 6) is 1.89. The van der Waals surface area contributed by atoms with Crippen LogP contribution in [0.25, 0.3) is 10.8 Å². The van der Waals surface area contributed by atoms with Crippen molar-refractivity contribution in [3.05, 3.63) is 71.8 Å². The molecule has 3 aromatic rings. The Morgan fingerprint density at radius 2 is 1.59 bits per heavy atom. The van der Waals surface area contributed by atoms with E-state index in [9.17, 15) is 0 Å². The highest BCUT2D eigenvalue weighted by Crippen LogP contribution is 2.28. The topological polar surface area (TPSA) is 30.5 Å². The number of nitrogens with one attached hydrogen (secondary N) is 1. The normalized spacial score (nSPS) is 11.0. The van der Waals surface area contributed by atoms with Gasteiger partial charge in [0, 0.05) is 18.7 Å². The summed E-state index contributed by atoms with van der Waals surface area (Å²) in [6.07, 6.45) is 6.25. The Hall–Kier alpha value is -2.52. The predicted octanol–water partition coefficient (Wildman–Crippen LogP) is 6.49. The Labute approximate surface area is 175 Å². The number of benzene rings is 3. The van der Waals surface area contributed by atoms with Gasteiger partial charge in [-0.25, -0.2) is 0 Å². The van der Waals surface area contributed by atoms with Crippen LogP contribution in [0.3, 0.4) is 0 Å². The number of rotatable bonds is 12. The average molecular weight is 392 g/mol. The highest BCUT2D eigenvalue weighted by molar-refractivity contribution is 5.87. The third-order valence-electron chi connectivity index (χ3n) is 5.29. The Morgan fingerprint density at radius 1 is 0.793 bits per heavy atom. The fraction of sp³-hybridized carbons (Fsp3) is 0.385. The van der Waals surface area contributed by atoms with Crippen LogP contribution in [0.4, 0.5) is 0 Å². The van der Waals surface area contributed by atoms with Crippen molar-refractivity contribution in [3.8, 4) is 11.5 Å². The van der Waals surface area contributed by atoms with Gasteiger partial charge >= 0.3 is 0 Å². The van der Waals surface area contributed by atoms with Gasteiger partial charge in [0.15, 0.2) is 0 Å². The van der Waals surface area contributed by atoms with Crippen LogP contribution in [-0.4, -0.2) is 13.7 Å². The van der Waals surface area contributed by atoms with Crippen molar-refractivity contribution in [3.63, 3.8) is 0 Å². The van der Waals surface area contributed by atoms with E-state index in [0.717, 1.165) is 37.6 Å². The van der Waals surface area contributed by atoms with Gasteiger partial charge in [-0.05, 0) is 41.0 Å². The number of fused-ring (bicyclic) bond motifs is 1.